The Morgan fingerprint density at radius 2 is 2.06 bits per heavy atom. The lowest BCUT2D eigenvalue weighted by Crippen LogP contribution is -2.58. The Bertz CT molecular complexity index is 350. The van der Waals surface area contributed by atoms with Crippen molar-refractivity contribution in [2.24, 2.45) is 0 Å². The minimum Gasteiger partial charge on any atom is -0.353 e. The molecule has 2 rings (SSSR count). The maximum absolute atomic E-state index is 11.7. The van der Waals surface area contributed by atoms with Crippen LogP contribution >= 0.6 is 0 Å². The van der Waals surface area contributed by atoms with Crippen molar-refractivity contribution in [2.45, 2.75) is 31.8 Å². The number of benzene rings is 1. The summed E-state index contributed by atoms with van der Waals surface area (Å²) >= 11 is 0. The van der Waals surface area contributed by atoms with Crippen LogP contribution in [0, 0.1) is 0 Å². The molecule has 1 amide bonds. The highest BCUT2D eigenvalue weighted by atomic mass is 16.2. The van der Waals surface area contributed by atoms with Crippen LogP contribution in [0.2, 0.25) is 0 Å². The maximum atomic E-state index is 11.7. The molecule has 1 aromatic rings. The summed E-state index contributed by atoms with van der Waals surface area (Å²) in [4.78, 5) is 11.7. The average molecular weight is 218 g/mol. The van der Waals surface area contributed by atoms with E-state index < -0.39 is 0 Å². The molecule has 1 unspecified atom stereocenters. The number of rotatable bonds is 3. The van der Waals surface area contributed by atoms with E-state index in [1.807, 2.05) is 18.2 Å². The lowest BCUT2D eigenvalue weighted by molar-refractivity contribution is -0.125. The Kier molecular flexibility index (Phi) is 3.57. The third-order valence-electron chi connectivity index (χ3n) is 3.05. The lowest BCUT2D eigenvalue weighted by atomic mass is 10.0. The molecule has 1 aliphatic heterocycles. The SMILES string of the molecule is CCC1CNC(=O)[C@H](Cc2ccccc2)N1. The fourth-order valence-electron chi connectivity index (χ4n) is 2.03. The molecule has 3 heteroatoms. The third kappa shape index (κ3) is 2.61. The predicted molar refractivity (Wildman–Crippen MR) is 64.2 cm³/mol. The maximum Gasteiger partial charge on any atom is 0.237 e. The molecule has 16 heavy (non-hydrogen) atoms. The van der Waals surface area contributed by atoms with E-state index in [0.29, 0.717) is 6.04 Å². The predicted octanol–water partition coefficient (Wildman–Crippen LogP) is 1.10. The van der Waals surface area contributed by atoms with Gasteiger partial charge in [-0.15, -0.1) is 0 Å². The van der Waals surface area contributed by atoms with Gasteiger partial charge in [0.05, 0.1) is 6.04 Å². The summed E-state index contributed by atoms with van der Waals surface area (Å²) in [6.07, 6.45) is 1.81. The monoisotopic (exact) mass is 218 g/mol. The molecule has 0 aliphatic carbocycles. The molecule has 1 aliphatic rings. The lowest BCUT2D eigenvalue weighted by Gasteiger charge is -2.30. The van der Waals surface area contributed by atoms with Gasteiger partial charge in [-0.25, -0.2) is 0 Å². The van der Waals surface area contributed by atoms with Crippen molar-refractivity contribution in [3.05, 3.63) is 35.9 Å². The minimum absolute atomic E-state index is 0.0823. The highest BCUT2D eigenvalue weighted by Gasteiger charge is 2.26. The second-order valence-corrected chi connectivity index (χ2v) is 4.26. The van der Waals surface area contributed by atoms with E-state index in [1.54, 1.807) is 0 Å². The van der Waals surface area contributed by atoms with Crippen LogP contribution < -0.4 is 10.6 Å². The van der Waals surface area contributed by atoms with Crippen molar-refractivity contribution >= 4 is 5.91 Å². The zero-order chi connectivity index (χ0) is 11.4. The molecule has 0 saturated carbocycles. The molecule has 3 nitrogen and oxygen atoms in total. The van der Waals surface area contributed by atoms with Crippen molar-refractivity contribution < 1.29 is 4.79 Å². The second kappa shape index (κ2) is 5.12. The van der Waals surface area contributed by atoms with Crippen molar-refractivity contribution in [1.82, 2.24) is 10.6 Å². The van der Waals surface area contributed by atoms with E-state index in [0.717, 1.165) is 19.4 Å². The minimum atomic E-state index is -0.0823. The fraction of sp³-hybridized carbons (Fsp3) is 0.462. The van der Waals surface area contributed by atoms with Gasteiger partial charge in [-0.3, -0.25) is 4.79 Å². The van der Waals surface area contributed by atoms with E-state index in [-0.39, 0.29) is 11.9 Å². The zero-order valence-corrected chi connectivity index (χ0v) is 9.57. The van der Waals surface area contributed by atoms with Gasteiger partial charge in [-0.05, 0) is 18.4 Å². The fourth-order valence-corrected chi connectivity index (χ4v) is 2.03. The van der Waals surface area contributed by atoms with Gasteiger partial charge in [-0.2, -0.15) is 0 Å². The summed E-state index contributed by atoms with van der Waals surface area (Å²) in [5.74, 6) is 0.119. The highest BCUT2D eigenvalue weighted by Crippen LogP contribution is 2.07. The van der Waals surface area contributed by atoms with Crippen LogP contribution in [-0.4, -0.2) is 24.5 Å². The average Bonchev–Trinajstić information content (AvgIpc) is 2.33. The van der Waals surface area contributed by atoms with E-state index in [4.69, 9.17) is 0 Å². The van der Waals surface area contributed by atoms with E-state index in [2.05, 4.69) is 29.7 Å². The topological polar surface area (TPSA) is 41.1 Å². The third-order valence-corrected chi connectivity index (χ3v) is 3.05. The van der Waals surface area contributed by atoms with Crippen LogP contribution in [0.5, 0.6) is 0 Å². The van der Waals surface area contributed by atoms with E-state index >= 15 is 0 Å². The van der Waals surface area contributed by atoms with Crippen LogP contribution in [-0.2, 0) is 11.2 Å². The van der Waals surface area contributed by atoms with Crippen molar-refractivity contribution in [1.29, 1.82) is 0 Å². The van der Waals surface area contributed by atoms with Gasteiger partial charge in [0.1, 0.15) is 0 Å². The molecule has 0 radical (unpaired) electrons. The van der Waals surface area contributed by atoms with Crippen LogP contribution in [0.25, 0.3) is 0 Å². The first-order chi connectivity index (χ1) is 7.79. The van der Waals surface area contributed by atoms with Gasteiger partial charge in [0.2, 0.25) is 5.91 Å². The molecule has 2 atom stereocenters. The summed E-state index contributed by atoms with van der Waals surface area (Å²) < 4.78 is 0. The normalized spacial score (nSPS) is 25.2. The Hall–Kier alpha value is -1.35. The molecule has 86 valence electrons. The molecular formula is C13H18N2O. The molecule has 1 saturated heterocycles. The van der Waals surface area contributed by atoms with Crippen LogP contribution in [0.4, 0.5) is 0 Å². The molecule has 1 fully saturated rings. The number of piperazine rings is 1. The highest BCUT2D eigenvalue weighted by molar-refractivity contribution is 5.82. The molecule has 0 aromatic heterocycles. The van der Waals surface area contributed by atoms with Crippen LogP contribution in [0.1, 0.15) is 18.9 Å². The number of nitrogens with one attached hydrogen (secondary N) is 2. The Balaban J connectivity index is 2.00. The summed E-state index contributed by atoms with van der Waals surface area (Å²) in [6.45, 7) is 2.88. The van der Waals surface area contributed by atoms with Gasteiger partial charge in [0, 0.05) is 12.6 Å². The van der Waals surface area contributed by atoms with Gasteiger partial charge in [-0.1, -0.05) is 37.3 Å². The molecule has 1 heterocycles. The van der Waals surface area contributed by atoms with Crippen LogP contribution in [0.15, 0.2) is 30.3 Å². The largest absolute Gasteiger partial charge is 0.353 e. The Morgan fingerprint density at radius 3 is 2.75 bits per heavy atom. The summed E-state index contributed by atoms with van der Waals surface area (Å²) in [6, 6.07) is 10.5. The van der Waals surface area contributed by atoms with E-state index in [1.165, 1.54) is 5.56 Å². The molecule has 0 bridgehead atoms. The smallest absolute Gasteiger partial charge is 0.237 e. The summed E-state index contributed by atoms with van der Waals surface area (Å²) in [5.41, 5.74) is 1.20. The van der Waals surface area contributed by atoms with Crippen LogP contribution in [0.3, 0.4) is 0 Å². The van der Waals surface area contributed by atoms with Crippen molar-refractivity contribution in [3.8, 4) is 0 Å². The quantitative estimate of drug-likeness (QED) is 0.797. The molecular weight excluding hydrogens is 200 g/mol. The molecule has 0 spiro atoms. The number of carbonyl (C=O) groups excluding carboxylic acids is 1. The number of hydrogen-bond donors (Lipinski definition) is 2. The number of amides is 1. The first-order valence-electron chi connectivity index (χ1n) is 5.87. The standard InChI is InChI=1S/C13H18N2O/c1-2-11-9-14-13(16)12(15-11)8-10-6-4-3-5-7-10/h3-7,11-12,15H,2,8-9H2,1H3,(H,14,16)/t11?,12-/m0/s1. The van der Waals surface area contributed by atoms with Gasteiger partial charge >= 0.3 is 0 Å². The number of carbonyl (C=O) groups is 1. The Labute approximate surface area is 96.2 Å². The van der Waals surface area contributed by atoms with Gasteiger partial charge in [0.15, 0.2) is 0 Å². The van der Waals surface area contributed by atoms with Crippen molar-refractivity contribution in [3.63, 3.8) is 0 Å². The Morgan fingerprint density at radius 1 is 1.31 bits per heavy atom. The van der Waals surface area contributed by atoms with Crippen molar-refractivity contribution in [2.75, 3.05) is 6.54 Å². The molecule has 1 aromatic carbocycles. The van der Waals surface area contributed by atoms with Gasteiger partial charge in [0.25, 0.3) is 0 Å². The summed E-state index contributed by atoms with van der Waals surface area (Å²) in [7, 11) is 0. The van der Waals surface area contributed by atoms with Gasteiger partial charge < -0.3 is 10.6 Å². The zero-order valence-electron chi connectivity index (χ0n) is 9.57. The van der Waals surface area contributed by atoms with E-state index in [9.17, 15) is 4.79 Å². The first kappa shape index (κ1) is 11.1. The molecule has 2 N–H and O–H groups in total. The first-order valence-corrected chi connectivity index (χ1v) is 5.87. The second-order valence-electron chi connectivity index (χ2n) is 4.26. The summed E-state index contributed by atoms with van der Waals surface area (Å²) in [5, 5.41) is 6.34. The number of hydrogen-bond acceptors (Lipinski definition) is 2.